The van der Waals surface area contributed by atoms with Gasteiger partial charge in [0.05, 0.1) is 6.61 Å². The summed E-state index contributed by atoms with van der Waals surface area (Å²) in [4.78, 5) is 11.7. The number of aryl methyl sites for hydroxylation is 1. The van der Waals surface area contributed by atoms with Gasteiger partial charge in [-0.3, -0.25) is 4.79 Å². The Balaban J connectivity index is 1.88. The number of ether oxygens (including phenoxy) is 2. The van der Waals surface area contributed by atoms with Crippen LogP contribution in [-0.2, 0) is 9.53 Å². The number of carbonyl (C=O) groups excluding carboxylic acids is 1. The van der Waals surface area contributed by atoms with Crippen LogP contribution >= 0.6 is 11.6 Å². The van der Waals surface area contributed by atoms with Crippen LogP contribution in [0, 0.1) is 12.8 Å². The summed E-state index contributed by atoms with van der Waals surface area (Å²) in [6, 6.07) is 5.38. The van der Waals surface area contributed by atoms with Gasteiger partial charge in [-0.15, -0.1) is 0 Å². The molecule has 0 bridgehead atoms. The van der Waals surface area contributed by atoms with E-state index in [0.717, 1.165) is 12.0 Å². The molecule has 3 nitrogen and oxygen atoms in total. The van der Waals surface area contributed by atoms with E-state index in [1.807, 2.05) is 13.0 Å². The summed E-state index contributed by atoms with van der Waals surface area (Å²) in [5, 5.41) is 0.702. The number of halogens is 1. The predicted octanol–water partition coefficient (Wildman–Crippen LogP) is 2.63. The highest BCUT2D eigenvalue weighted by molar-refractivity contribution is 6.31. The van der Waals surface area contributed by atoms with E-state index in [0.29, 0.717) is 24.0 Å². The van der Waals surface area contributed by atoms with Crippen LogP contribution in [0.5, 0.6) is 5.75 Å². The van der Waals surface area contributed by atoms with E-state index in [1.54, 1.807) is 12.1 Å². The summed E-state index contributed by atoms with van der Waals surface area (Å²) in [7, 11) is 0. The first-order chi connectivity index (χ1) is 8.16. The Labute approximate surface area is 106 Å². The molecule has 1 aliphatic rings. The fourth-order valence-corrected chi connectivity index (χ4v) is 1.89. The van der Waals surface area contributed by atoms with E-state index in [2.05, 4.69) is 0 Å². The Bertz CT molecular complexity index is 411. The van der Waals surface area contributed by atoms with E-state index in [-0.39, 0.29) is 18.3 Å². The van der Waals surface area contributed by atoms with Crippen molar-refractivity contribution in [2.24, 2.45) is 5.92 Å². The monoisotopic (exact) mass is 254 g/mol. The molecule has 17 heavy (non-hydrogen) atoms. The van der Waals surface area contributed by atoms with Crippen molar-refractivity contribution in [1.82, 2.24) is 0 Å². The molecule has 0 aliphatic carbocycles. The third kappa shape index (κ3) is 3.20. The second kappa shape index (κ2) is 5.52. The maximum atomic E-state index is 11.7. The number of hydrogen-bond donors (Lipinski definition) is 0. The van der Waals surface area contributed by atoms with Gasteiger partial charge in [0.2, 0.25) is 0 Å². The zero-order valence-electron chi connectivity index (χ0n) is 9.74. The van der Waals surface area contributed by atoms with Gasteiger partial charge in [0.25, 0.3) is 0 Å². The Morgan fingerprint density at radius 1 is 1.59 bits per heavy atom. The Morgan fingerprint density at radius 3 is 3.06 bits per heavy atom. The van der Waals surface area contributed by atoms with Gasteiger partial charge < -0.3 is 9.47 Å². The molecule has 1 fully saturated rings. The van der Waals surface area contributed by atoms with Crippen molar-refractivity contribution in [3.63, 3.8) is 0 Å². The lowest BCUT2D eigenvalue weighted by atomic mass is 10.0. The van der Waals surface area contributed by atoms with Crippen LogP contribution in [0.15, 0.2) is 18.2 Å². The molecule has 4 heteroatoms. The maximum absolute atomic E-state index is 11.7. The lowest BCUT2D eigenvalue weighted by Crippen LogP contribution is -2.21. The van der Waals surface area contributed by atoms with Crippen molar-refractivity contribution in [3.05, 3.63) is 28.8 Å². The molecule has 1 unspecified atom stereocenters. The summed E-state index contributed by atoms with van der Waals surface area (Å²) in [5.74, 6) is 0.790. The third-order valence-electron chi connectivity index (χ3n) is 2.90. The molecule has 1 saturated heterocycles. The third-order valence-corrected chi connectivity index (χ3v) is 3.32. The molecule has 0 radical (unpaired) electrons. The molecular weight excluding hydrogens is 240 g/mol. The molecule has 0 saturated carbocycles. The van der Waals surface area contributed by atoms with Gasteiger partial charge in [0, 0.05) is 17.5 Å². The highest BCUT2D eigenvalue weighted by Gasteiger charge is 2.23. The lowest BCUT2D eigenvalue weighted by molar-refractivity contribution is -0.124. The standard InChI is InChI=1S/C13H15ClO3/c1-9-6-11(2-3-12(9)14)17-8-13(15)10-4-5-16-7-10/h2-3,6,10H,4-5,7-8H2,1H3. The van der Waals surface area contributed by atoms with Crippen LogP contribution in [0.3, 0.4) is 0 Å². The molecular formula is C13H15ClO3. The summed E-state index contributed by atoms with van der Waals surface area (Å²) in [5.41, 5.74) is 0.945. The molecule has 92 valence electrons. The molecule has 0 spiro atoms. The smallest absolute Gasteiger partial charge is 0.175 e. The molecule has 1 atom stereocenters. The van der Waals surface area contributed by atoms with Crippen molar-refractivity contribution in [3.8, 4) is 5.75 Å². The fraction of sp³-hybridized carbons (Fsp3) is 0.462. The molecule has 0 N–H and O–H groups in total. The summed E-state index contributed by atoms with van der Waals surface area (Å²) >= 11 is 5.91. The van der Waals surface area contributed by atoms with Crippen molar-refractivity contribution >= 4 is 17.4 Å². The van der Waals surface area contributed by atoms with Gasteiger partial charge in [0.1, 0.15) is 12.4 Å². The van der Waals surface area contributed by atoms with E-state index in [9.17, 15) is 4.79 Å². The van der Waals surface area contributed by atoms with E-state index < -0.39 is 0 Å². The molecule has 1 aromatic carbocycles. The Hall–Kier alpha value is -1.06. The molecule has 0 amide bonds. The van der Waals surface area contributed by atoms with E-state index in [1.165, 1.54) is 0 Å². The predicted molar refractivity (Wildman–Crippen MR) is 65.6 cm³/mol. The number of hydrogen-bond acceptors (Lipinski definition) is 3. The number of Topliss-reactive ketones (excluding diaryl/α,β-unsaturated/α-hetero) is 1. The van der Waals surface area contributed by atoms with Crippen LogP contribution in [0.1, 0.15) is 12.0 Å². The summed E-state index contributed by atoms with van der Waals surface area (Å²) in [6.07, 6.45) is 0.807. The Kier molecular flexibility index (Phi) is 4.02. The quantitative estimate of drug-likeness (QED) is 0.829. The van der Waals surface area contributed by atoms with E-state index in [4.69, 9.17) is 21.1 Å². The molecule has 1 aromatic rings. The van der Waals surface area contributed by atoms with Gasteiger partial charge >= 0.3 is 0 Å². The highest BCUT2D eigenvalue weighted by Crippen LogP contribution is 2.21. The minimum atomic E-state index is 0.00315. The van der Waals surface area contributed by atoms with Crippen molar-refractivity contribution < 1.29 is 14.3 Å². The van der Waals surface area contributed by atoms with Gasteiger partial charge in [-0.05, 0) is 37.1 Å². The van der Waals surface area contributed by atoms with Crippen LogP contribution < -0.4 is 4.74 Å². The number of benzene rings is 1. The largest absolute Gasteiger partial charge is 0.486 e. The zero-order valence-corrected chi connectivity index (χ0v) is 10.5. The van der Waals surface area contributed by atoms with Crippen LogP contribution in [0.4, 0.5) is 0 Å². The van der Waals surface area contributed by atoms with Gasteiger partial charge in [-0.1, -0.05) is 11.6 Å². The van der Waals surface area contributed by atoms with Crippen molar-refractivity contribution in [2.75, 3.05) is 19.8 Å². The van der Waals surface area contributed by atoms with Gasteiger partial charge in [-0.2, -0.15) is 0 Å². The van der Waals surface area contributed by atoms with Gasteiger partial charge in [-0.25, -0.2) is 0 Å². The number of carbonyl (C=O) groups is 1. The SMILES string of the molecule is Cc1cc(OCC(=O)C2CCOC2)ccc1Cl. The number of rotatable bonds is 4. The summed E-state index contributed by atoms with van der Waals surface area (Å²) in [6.45, 7) is 3.22. The zero-order chi connectivity index (χ0) is 12.3. The normalized spacial score (nSPS) is 19.3. The summed E-state index contributed by atoms with van der Waals surface area (Å²) < 4.78 is 10.6. The van der Waals surface area contributed by atoms with Gasteiger partial charge in [0.15, 0.2) is 5.78 Å². The second-order valence-electron chi connectivity index (χ2n) is 4.23. The first-order valence-corrected chi connectivity index (χ1v) is 6.04. The maximum Gasteiger partial charge on any atom is 0.175 e. The van der Waals surface area contributed by atoms with Crippen molar-refractivity contribution in [2.45, 2.75) is 13.3 Å². The average Bonchev–Trinajstić information content (AvgIpc) is 2.84. The minimum Gasteiger partial charge on any atom is -0.486 e. The van der Waals surface area contributed by atoms with Crippen LogP contribution in [-0.4, -0.2) is 25.6 Å². The molecule has 1 heterocycles. The average molecular weight is 255 g/mol. The molecule has 1 aliphatic heterocycles. The van der Waals surface area contributed by atoms with Crippen LogP contribution in [0.25, 0.3) is 0 Å². The lowest BCUT2D eigenvalue weighted by Gasteiger charge is -2.09. The second-order valence-corrected chi connectivity index (χ2v) is 4.63. The first-order valence-electron chi connectivity index (χ1n) is 5.66. The topological polar surface area (TPSA) is 35.5 Å². The Morgan fingerprint density at radius 2 is 2.41 bits per heavy atom. The molecule has 0 aromatic heterocycles. The van der Waals surface area contributed by atoms with E-state index >= 15 is 0 Å². The molecule has 2 rings (SSSR count). The number of ketones is 1. The fourth-order valence-electron chi connectivity index (χ4n) is 1.77. The minimum absolute atomic E-state index is 0.00315. The van der Waals surface area contributed by atoms with Crippen LogP contribution in [0.2, 0.25) is 5.02 Å². The van der Waals surface area contributed by atoms with Crippen molar-refractivity contribution in [1.29, 1.82) is 0 Å². The first kappa shape index (κ1) is 12.4. The highest BCUT2D eigenvalue weighted by atomic mass is 35.5.